The summed E-state index contributed by atoms with van der Waals surface area (Å²) in [5.74, 6) is -2.47. The lowest BCUT2D eigenvalue weighted by molar-refractivity contribution is -0.384. The van der Waals surface area contributed by atoms with Gasteiger partial charge in [-0.25, -0.2) is 5.26 Å². The summed E-state index contributed by atoms with van der Waals surface area (Å²) in [6.45, 7) is 4.26. The molecule has 2 aromatic rings. The highest BCUT2D eigenvalue weighted by atomic mass is 17.1. The molecule has 0 aromatic heterocycles. The third kappa shape index (κ3) is 4.89. The number of rotatable bonds is 11. The Hall–Kier alpha value is -2.50. The predicted octanol–water partition coefficient (Wildman–Crippen LogP) is 6.17. The molecule has 0 radical (unpaired) electrons. The summed E-state index contributed by atoms with van der Waals surface area (Å²) < 4.78 is 5.78. The first kappa shape index (κ1) is 23.2. The second kappa shape index (κ2) is 10.7. The van der Waals surface area contributed by atoms with E-state index in [1.165, 1.54) is 0 Å². The average Bonchev–Trinajstić information content (AvgIpc) is 2.80. The highest BCUT2D eigenvalue weighted by Gasteiger charge is 2.49. The lowest BCUT2D eigenvalue weighted by Gasteiger charge is -2.36. The Morgan fingerprint density at radius 2 is 1.61 bits per heavy atom. The van der Waals surface area contributed by atoms with E-state index in [4.69, 9.17) is 9.62 Å². The zero-order valence-electron chi connectivity index (χ0n) is 18.5. The van der Waals surface area contributed by atoms with Crippen LogP contribution in [-0.4, -0.2) is 17.0 Å². The molecule has 3 rings (SSSR count). The minimum Gasteiger partial charge on any atom is -0.421 e. The van der Waals surface area contributed by atoms with E-state index in [1.807, 2.05) is 12.1 Å². The maximum atomic E-state index is 13.2. The molecule has 0 heterocycles. The van der Waals surface area contributed by atoms with Crippen LogP contribution >= 0.6 is 0 Å². The van der Waals surface area contributed by atoms with Crippen molar-refractivity contribution in [1.82, 2.24) is 0 Å². The van der Waals surface area contributed by atoms with Gasteiger partial charge in [0, 0.05) is 28.7 Å². The van der Waals surface area contributed by atoms with Gasteiger partial charge in [0.15, 0.2) is 5.78 Å². The van der Waals surface area contributed by atoms with E-state index in [-0.39, 0.29) is 12.2 Å². The van der Waals surface area contributed by atoms with Crippen molar-refractivity contribution in [2.45, 2.75) is 77.4 Å². The molecule has 0 saturated heterocycles. The highest BCUT2D eigenvalue weighted by molar-refractivity contribution is 6.13. The van der Waals surface area contributed by atoms with Gasteiger partial charge < -0.3 is 4.74 Å². The number of unbranched alkanes of at least 4 members (excludes halogenated alkanes) is 5. The van der Waals surface area contributed by atoms with Crippen molar-refractivity contribution in [3.8, 4) is 0 Å². The van der Waals surface area contributed by atoms with E-state index in [9.17, 15) is 14.8 Å². The van der Waals surface area contributed by atoms with Crippen molar-refractivity contribution >= 4 is 11.8 Å². The van der Waals surface area contributed by atoms with Crippen LogP contribution in [0.3, 0.4) is 0 Å². The van der Waals surface area contributed by atoms with Gasteiger partial charge in [-0.1, -0.05) is 82.3 Å². The summed E-state index contributed by atoms with van der Waals surface area (Å²) in [7, 11) is 0. The smallest absolute Gasteiger partial charge is 0.308 e. The standard InChI is InChI=1S/C26H32O5/c1-3-5-7-9-15-24(27)30-26(31-29)22-14-11-10-13-20(22)25(28)21-18-19(12-8-6-4-2)16-17-23(21)26/h10-11,13-14,16-18,29H,3-9,12,15H2,1-2H3. The summed E-state index contributed by atoms with van der Waals surface area (Å²) >= 11 is 0. The lowest BCUT2D eigenvalue weighted by Crippen LogP contribution is -2.41. The molecule has 166 valence electrons. The zero-order valence-corrected chi connectivity index (χ0v) is 18.5. The molecule has 0 aliphatic heterocycles. The number of aryl methyl sites for hydroxylation is 1. The average molecular weight is 425 g/mol. The summed E-state index contributed by atoms with van der Waals surface area (Å²) in [5.41, 5.74) is 2.52. The fourth-order valence-corrected chi connectivity index (χ4v) is 4.19. The summed E-state index contributed by atoms with van der Waals surface area (Å²) in [6.07, 6.45) is 8.13. The Balaban J connectivity index is 1.98. The molecule has 1 atom stereocenters. The molecule has 1 unspecified atom stereocenters. The third-order valence-electron chi connectivity index (χ3n) is 5.90. The van der Waals surface area contributed by atoms with Crippen molar-refractivity contribution in [3.63, 3.8) is 0 Å². The molecule has 5 heteroatoms. The minimum atomic E-state index is -1.84. The number of ether oxygens (including phenoxy) is 1. The highest BCUT2D eigenvalue weighted by Crippen LogP contribution is 2.44. The van der Waals surface area contributed by atoms with Gasteiger partial charge in [0.25, 0.3) is 5.79 Å². The van der Waals surface area contributed by atoms with Crippen LogP contribution in [-0.2, 0) is 26.6 Å². The molecule has 0 saturated carbocycles. The summed E-state index contributed by atoms with van der Waals surface area (Å²) in [5, 5.41) is 10.0. The van der Waals surface area contributed by atoms with Crippen molar-refractivity contribution in [3.05, 3.63) is 70.3 Å². The maximum absolute atomic E-state index is 13.2. The topological polar surface area (TPSA) is 72.8 Å². The maximum Gasteiger partial charge on any atom is 0.308 e. The van der Waals surface area contributed by atoms with Crippen molar-refractivity contribution in [2.75, 3.05) is 0 Å². The van der Waals surface area contributed by atoms with Gasteiger partial charge in [0.2, 0.25) is 0 Å². The minimum absolute atomic E-state index is 0.158. The zero-order chi connectivity index (χ0) is 22.3. The van der Waals surface area contributed by atoms with Crippen LogP contribution in [0.25, 0.3) is 0 Å². The van der Waals surface area contributed by atoms with Crippen molar-refractivity contribution in [2.24, 2.45) is 0 Å². The Morgan fingerprint density at radius 3 is 2.35 bits per heavy atom. The molecule has 0 amide bonds. The number of esters is 1. The molecular weight excluding hydrogens is 392 g/mol. The number of carbonyl (C=O) groups is 2. The first-order valence-electron chi connectivity index (χ1n) is 11.4. The quantitative estimate of drug-likeness (QED) is 0.154. The number of carbonyl (C=O) groups excluding carboxylic acids is 2. The lowest BCUT2D eigenvalue weighted by atomic mass is 9.79. The van der Waals surface area contributed by atoms with Gasteiger partial charge in [-0.3, -0.25) is 9.59 Å². The Kier molecular flexibility index (Phi) is 7.99. The van der Waals surface area contributed by atoms with Gasteiger partial charge in [0.05, 0.1) is 0 Å². The van der Waals surface area contributed by atoms with E-state index in [0.29, 0.717) is 28.7 Å². The monoisotopic (exact) mass is 424 g/mol. The fraction of sp³-hybridized carbons (Fsp3) is 0.462. The summed E-state index contributed by atoms with van der Waals surface area (Å²) in [4.78, 5) is 30.8. The number of hydrogen-bond acceptors (Lipinski definition) is 5. The second-order valence-electron chi connectivity index (χ2n) is 8.20. The second-order valence-corrected chi connectivity index (χ2v) is 8.20. The number of ketones is 1. The Bertz CT molecular complexity index is 920. The molecule has 5 nitrogen and oxygen atoms in total. The molecule has 1 aliphatic carbocycles. The van der Waals surface area contributed by atoms with E-state index < -0.39 is 11.8 Å². The Morgan fingerprint density at radius 1 is 0.903 bits per heavy atom. The number of hydrogen-bond donors (Lipinski definition) is 1. The molecule has 2 aromatic carbocycles. The van der Waals surface area contributed by atoms with E-state index in [0.717, 1.165) is 50.5 Å². The molecule has 1 aliphatic rings. The van der Waals surface area contributed by atoms with E-state index in [1.54, 1.807) is 30.3 Å². The van der Waals surface area contributed by atoms with Gasteiger partial charge in [0.1, 0.15) is 0 Å². The first-order chi connectivity index (χ1) is 15.1. The van der Waals surface area contributed by atoms with Gasteiger partial charge in [-0.05, 0) is 30.9 Å². The van der Waals surface area contributed by atoms with Crippen LogP contribution in [0.2, 0.25) is 0 Å². The van der Waals surface area contributed by atoms with Crippen LogP contribution in [0.5, 0.6) is 0 Å². The van der Waals surface area contributed by atoms with Crippen molar-refractivity contribution in [1.29, 1.82) is 0 Å². The fourth-order valence-electron chi connectivity index (χ4n) is 4.19. The van der Waals surface area contributed by atoms with Crippen LogP contribution in [0.4, 0.5) is 0 Å². The van der Waals surface area contributed by atoms with Gasteiger partial charge >= 0.3 is 5.97 Å². The predicted molar refractivity (Wildman–Crippen MR) is 119 cm³/mol. The van der Waals surface area contributed by atoms with Crippen LogP contribution in [0.15, 0.2) is 42.5 Å². The molecular formula is C26H32O5. The first-order valence-corrected chi connectivity index (χ1v) is 11.4. The normalized spacial score (nSPS) is 17.2. The van der Waals surface area contributed by atoms with E-state index >= 15 is 0 Å². The van der Waals surface area contributed by atoms with Crippen molar-refractivity contribution < 1.29 is 24.5 Å². The molecule has 1 N–H and O–H groups in total. The molecule has 0 fully saturated rings. The summed E-state index contributed by atoms with van der Waals surface area (Å²) in [6, 6.07) is 12.3. The van der Waals surface area contributed by atoms with Crippen LogP contribution in [0, 0.1) is 0 Å². The number of fused-ring (bicyclic) bond motifs is 2. The Labute approximate surface area is 184 Å². The van der Waals surface area contributed by atoms with Gasteiger partial charge in [-0.2, -0.15) is 4.89 Å². The number of benzene rings is 2. The molecule has 0 bridgehead atoms. The molecule has 0 spiro atoms. The van der Waals surface area contributed by atoms with Crippen LogP contribution < -0.4 is 0 Å². The largest absolute Gasteiger partial charge is 0.421 e. The van der Waals surface area contributed by atoms with Crippen LogP contribution in [0.1, 0.15) is 97.8 Å². The van der Waals surface area contributed by atoms with Gasteiger partial charge in [-0.15, -0.1) is 0 Å². The third-order valence-corrected chi connectivity index (χ3v) is 5.90. The SMILES string of the molecule is CCCCCCC(=O)OC1(OO)c2ccccc2C(=O)c2cc(CCCCC)ccc21. The van der Waals surface area contributed by atoms with E-state index in [2.05, 4.69) is 13.8 Å². The molecule has 31 heavy (non-hydrogen) atoms.